The number of hydrogen-bond acceptors (Lipinski definition) is 5. The second kappa shape index (κ2) is 6.48. The number of aryl methyl sites for hydroxylation is 1. The maximum absolute atomic E-state index is 9.94. The lowest BCUT2D eigenvalue weighted by atomic mass is 10.1. The summed E-state index contributed by atoms with van der Waals surface area (Å²) >= 11 is 1.39. The van der Waals surface area contributed by atoms with Crippen LogP contribution in [0.15, 0.2) is 0 Å². The minimum absolute atomic E-state index is 0.423. The van der Waals surface area contributed by atoms with Gasteiger partial charge in [0.05, 0.1) is 17.2 Å². The van der Waals surface area contributed by atoms with E-state index >= 15 is 0 Å². The number of aromatic nitrogens is 2. The van der Waals surface area contributed by atoms with E-state index in [0.717, 1.165) is 36.3 Å². The largest absolute Gasteiger partial charge is 0.468 e. The first-order valence-corrected chi connectivity index (χ1v) is 5.51. The normalized spacial score (nSPS) is 10.1. The van der Waals surface area contributed by atoms with Crippen molar-refractivity contribution in [2.75, 3.05) is 6.61 Å². The number of hydrogen-bond donors (Lipinski definition) is 0. The van der Waals surface area contributed by atoms with Gasteiger partial charge in [-0.05, 0) is 24.4 Å². The first kappa shape index (κ1) is 11.1. The molecular weight excluding hydrogens is 200 g/mol. The number of rotatable bonds is 7. The van der Waals surface area contributed by atoms with Crippen LogP contribution in [0.5, 0.6) is 0 Å². The lowest BCUT2D eigenvalue weighted by Gasteiger charge is -1.99. The summed E-state index contributed by atoms with van der Waals surface area (Å²) in [5, 5.41) is 4.06. The van der Waals surface area contributed by atoms with Gasteiger partial charge in [-0.25, -0.2) is 0 Å². The lowest BCUT2D eigenvalue weighted by Crippen LogP contribution is -1.98. The average molecular weight is 214 g/mol. The van der Waals surface area contributed by atoms with E-state index in [2.05, 4.69) is 21.2 Å². The molecule has 1 rings (SSSR count). The van der Waals surface area contributed by atoms with Gasteiger partial charge in [0.15, 0.2) is 0 Å². The Kier molecular flexibility index (Phi) is 5.14. The Morgan fingerprint density at radius 2 is 2.36 bits per heavy atom. The Hall–Kier alpha value is -0.970. The van der Waals surface area contributed by atoms with Crippen LogP contribution in [0.2, 0.25) is 0 Å². The van der Waals surface area contributed by atoms with Gasteiger partial charge >= 0.3 is 0 Å². The second-order valence-electron chi connectivity index (χ2n) is 2.96. The number of carbonyl (C=O) groups is 1. The van der Waals surface area contributed by atoms with Gasteiger partial charge in [0.25, 0.3) is 6.47 Å². The summed E-state index contributed by atoms with van der Waals surface area (Å²) < 4.78 is 8.54. The van der Waals surface area contributed by atoms with E-state index in [9.17, 15) is 4.79 Å². The first-order chi connectivity index (χ1) is 6.88. The molecule has 5 heteroatoms. The topological polar surface area (TPSA) is 52.1 Å². The average Bonchev–Trinajstić information content (AvgIpc) is 2.63. The van der Waals surface area contributed by atoms with Crippen LogP contribution < -0.4 is 0 Å². The van der Waals surface area contributed by atoms with Crippen LogP contribution in [0.1, 0.15) is 30.3 Å². The molecule has 78 valence electrons. The smallest absolute Gasteiger partial charge is 0.293 e. The molecule has 1 aromatic rings. The van der Waals surface area contributed by atoms with E-state index in [1.54, 1.807) is 0 Å². The van der Waals surface area contributed by atoms with Crippen LogP contribution in [0, 0.1) is 0 Å². The van der Waals surface area contributed by atoms with E-state index in [-0.39, 0.29) is 0 Å². The van der Waals surface area contributed by atoms with E-state index in [1.165, 1.54) is 11.5 Å². The quantitative estimate of drug-likeness (QED) is 0.511. The summed E-state index contributed by atoms with van der Waals surface area (Å²) in [5.74, 6) is 0. The van der Waals surface area contributed by atoms with Gasteiger partial charge in [-0.3, -0.25) is 4.79 Å². The molecule has 0 fully saturated rings. The fourth-order valence-electron chi connectivity index (χ4n) is 1.15. The first-order valence-electron chi connectivity index (χ1n) is 4.73. The molecule has 0 aliphatic rings. The third-order valence-electron chi connectivity index (χ3n) is 1.92. The zero-order chi connectivity index (χ0) is 10.2. The molecule has 0 atom stereocenters. The summed E-state index contributed by atoms with van der Waals surface area (Å²) in [5.41, 5.74) is 1.06. The van der Waals surface area contributed by atoms with Crippen LogP contribution in [-0.4, -0.2) is 22.7 Å². The zero-order valence-electron chi connectivity index (χ0n) is 8.23. The van der Waals surface area contributed by atoms with Crippen molar-refractivity contribution in [1.82, 2.24) is 9.59 Å². The lowest BCUT2D eigenvalue weighted by molar-refractivity contribution is -0.128. The molecule has 4 nitrogen and oxygen atoms in total. The summed E-state index contributed by atoms with van der Waals surface area (Å²) in [6.45, 7) is 3.04. The zero-order valence-corrected chi connectivity index (χ0v) is 9.05. The molecule has 14 heavy (non-hydrogen) atoms. The Labute approximate surface area is 87.5 Å². The molecule has 0 spiro atoms. The van der Waals surface area contributed by atoms with Gasteiger partial charge in [0.1, 0.15) is 0 Å². The Balaban J connectivity index is 2.40. The van der Waals surface area contributed by atoms with Crippen molar-refractivity contribution in [2.45, 2.75) is 32.6 Å². The predicted molar refractivity (Wildman–Crippen MR) is 54.2 cm³/mol. The number of nitrogens with zero attached hydrogens (tertiary/aromatic N) is 2. The van der Waals surface area contributed by atoms with Crippen molar-refractivity contribution >= 4 is 18.0 Å². The Morgan fingerprint density at radius 3 is 3.07 bits per heavy atom. The maximum atomic E-state index is 9.94. The SMILES string of the molecule is CCCCc1nnsc1CCOC=O. The third kappa shape index (κ3) is 3.41. The van der Waals surface area contributed by atoms with Gasteiger partial charge in [-0.1, -0.05) is 17.8 Å². The molecule has 1 heterocycles. The molecular formula is C9H14N2O2S. The van der Waals surface area contributed by atoms with Crippen molar-refractivity contribution < 1.29 is 9.53 Å². The van der Waals surface area contributed by atoms with Gasteiger partial charge in [0.2, 0.25) is 0 Å². The molecule has 0 saturated carbocycles. The summed E-state index contributed by atoms with van der Waals surface area (Å²) in [4.78, 5) is 11.1. The van der Waals surface area contributed by atoms with Crippen molar-refractivity contribution in [3.8, 4) is 0 Å². The highest BCUT2D eigenvalue weighted by Crippen LogP contribution is 2.13. The highest BCUT2D eigenvalue weighted by Gasteiger charge is 2.06. The van der Waals surface area contributed by atoms with Crippen molar-refractivity contribution in [3.63, 3.8) is 0 Å². The maximum Gasteiger partial charge on any atom is 0.293 e. The fourth-order valence-corrected chi connectivity index (χ4v) is 1.81. The third-order valence-corrected chi connectivity index (χ3v) is 2.74. The predicted octanol–water partition coefficient (Wildman–Crippen LogP) is 1.60. The molecule has 0 amide bonds. The molecule has 0 aromatic carbocycles. The van der Waals surface area contributed by atoms with E-state index in [1.807, 2.05) is 0 Å². The number of ether oxygens (including phenoxy) is 1. The summed E-state index contributed by atoms with van der Waals surface area (Å²) in [6.07, 6.45) is 3.99. The van der Waals surface area contributed by atoms with Crippen LogP contribution in [0.25, 0.3) is 0 Å². The van der Waals surface area contributed by atoms with Crippen LogP contribution in [-0.2, 0) is 22.4 Å². The minimum atomic E-state index is 0.423. The van der Waals surface area contributed by atoms with Gasteiger partial charge in [0, 0.05) is 6.42 Å². The molecule has 0 aliphatic heterocycles. The summed E-state index contributed by atoms with van der Waals surface area (Å²) in [6, 6.07) is 0. The highest BCUT2D eigenvalue weighted by molar-refractivity contribution is 7.05. The molecule has 0 N–H and O–H groups in total. The van der Waals surface area contributed by atoms with E-state index < -0.39 is 0 Å². The van der Waals surface area contributed by atoms with E-state index in [4.69, 9.17) is 0 Å². The van der Waals surface area contributed by atoms with Gasteiger partial charge in [-0.15, -0.1) is 5.10 Å². The number of unbranched alkanes of at least 4 members (excludes halogenated alkanes) is 1. The monoisotopic (exact) mass is 214 g/mol. The molecule has 0 unspecified atom stereocenters. The molecule has 1 aromatic heterocycles. The van der Waals surface area contributed by atoms with E-state index in [0.29, 0.717) is 13.1 Å². The van der Waals surface area contributed by atoms with Crippen molar-refractivity contribution in [1.29, 1.82) is 0 Å². The molecule has 0 radical (unpaired) electrons. The molecule has 0 aliphatic carbocycles. The van der Waals surface area contributed by atoms with Gasteiger partial charge in [-0.2, -0.15) is 0 Å². The minimum Gasteiger partial charge on any atom is -0.468 e. The standard InChI is InChI=1S/C9H14N2O2S/c1-2-3-4-8-9(14-11-10-8)5-6-13-7-12/h7H,2-6H2,1H3. The second-order valence-corrected chi connectivity index (χ2v) is 3.80. The van der Waals surface area contributed by atoms with Crippen LogP contribution in [0.4, 0.5) is 0 Å². The number of carbonyl (C=O) groups excluding carboxylic acids is 1. The molecule has 0 saturated heterocycles. The fraction of sp³-hybridized carbons (Fsp3) is 0.667. The molecule has 0 bridgehead atoms. The van der Waals surface area contributed by atoms with Crippen molar-refractivity contribution in [2.24, 2.45) is 0 Å². The highest BCUT2D eigenvalue weighted by atomic mass is 32.1. The Bertz CT molecular complexity index is 276. The van der Waals surface area contributed by atoms with Crippen LogP contribution >= 0.6 is 11.5 Å². The Morgan fingerprint density at radius 1 is 1.50 bits per heavy atom. The van der Waals surface area contributed by atoms with Crippen molar-refractivity contribution in [3.05, 3.63) is 10.6 Å². The van der Waals surface area contributed by atoms with Crippen LogP contribution in [0.3, 0.4) is 0 Å². The van der Waals surface area contributed by atoms with Gasteiger partial charge < -0.3 is 4.74 Å². The summed E-state index contributed by atoms with van der Waals surface area (Å²) in [7, 11) is 0.